The minimum Gasteiger partial charge on any atom is -0.322 e. The first-order chi connectivity index (χ1) is 7.75. The Kier molecular flexibility index (Phi) is 3.16. The van der Waals surface area contributed by atoms with Gasteiger partial charge in [-0.25, -0.2) is 9.89 Å². The molecule has 1 aromatic heterocycles. The number of amides is 2. The molecule has 0 aliphatic carbocycles. The fourth-order valence-electron chi connectivity index (χ4n) is 1.47. The van der Waals surface area contributed by atoms with E-state index in [4.69, 9.17) is 0 Å². The molecule has 1 fully saturated rings. The van der Waals surface area contributed by atoms with Crippen LogP contribution in [0.1, 0.15) is 0 Å². The van der Waals surface area contributed by atoms with Gasteiger partial charge in [-0.1, -0.05) is 0 Å². The van der Waals surface area contributed by atoms with Gasteiger partial charge in [0.25, 0.3) is 5.56 Å². The van der Waals surface area contributed by atoms with E-state index in [-0.39, 0.29) is 11.6 Å². The summed E-state index contributed by atoms with van der Waals surface area (Å²) in [6, 6.07) is 2.60. The molecule has 0 spiro atoms. The molecule has 0 unspecified atom stereocenters. The number of piperazine rings is 1. The summed E-state index contributed by atoms with van der Waals surface area (Å²) < 4.78 is 0. The summed E-state index contributed by atoms with van der Waals surface area (Å²) >= 11 is 0. The predicted octanol–water partition coefficient (Wildman–Crippen LogP) is -0.793. The van der Waals surface area contributed by atoms with Gasteiger partial charge < -0.3 is 10.2 Å². The fourth-order valence-corrected chi connectivity index (χ4v) is 1.47. The molecule has 7 nitrogen and oxygen atoms in total. The molecule has 1 saturated heterocycles. The van der Waals surface area contributed by atoms with Crippen LogP contribution in [0.15, 0.2) is 16.9 Å². The topological polar surface area (TPSA) is 90.1 Å². The average molecular weight is 223 g/mol. The van der Waals surface area contributed by atoms with Crippen LogP contribution in [0.25, 0.3) is 0 Å². The maximum Gasteiger partial charge on any atom is 0.323 e. The first-order valence-corrected chi connectivity index (χ1v) is 5.08. The Morgan fingerprint density at radius 1 is 1.38 bits per heavy atom. The second-order valence-corrected chi connectivity index (χ2v) is 3.47. The Balaban J connectivity index is 1.95. The Morgan fingerprint density at radius 3 is 2.75 bits per heavy atom. The van der Waals surface area contributed by atoms with Crippen molar-refractivity contribution in [3.8, 4) is 0 Å². The Bertz CT molecular complexity index is 404. The lowest BCUT2D eigenvalue weighted by atomic mass is 10.4. The van der Waals surface area contributed by atoms with Crippen LogP contribution in [-0.4, -0.2) is 47.3 Å². The molecule has 0 atom stereocenters. The summed E-state index contributed by atoms with van der Waals surface area (Å²) in [5.74, 6) is 0.350. The highest BCUT2D eigenvalue weighted by Gasteiger charge is 2.16. The zero-order chi connectivity index (χ0) is 11.4. The smallest absolute Gasteiger partial charge is 0.322 e. The first kappa shape index (κ1) is 10.6. The fraction of sp³-hybridized carbons (Fsp3) is 0.444. The molecular formula is C9H13N5O2. The second kappa shape index (κ2) is 4.75. The lowest BCUT2D eigenvalue weighted by molar-refractivity contribution is 0.203. The standard InChI is InChI=1S/C9H13N5O2/c15-8-2-1-7(12-13-8)11-9(16)14-5-3-10-4-6-14/h1-2,10H,3-6H2,(H,13,15)(H,11,12,16). The van der Waals surface area contributed by atoms with Gasteiger partial charge in [0.15, 0.2) is 5.82 Å². The third kappa shape index (κ3) is 2.57. The number of urea groups is 1. The SMILES string of the molecule is O=C(Nc1ccc(=O)[nH]n1)N1CCNCC1. The minimum absolute atomic E-state index is 0.193. The molecule has 0 saturated carbocycles. The van der Waals surface area contributed by atoms with Crippen molar-refractivity contribution in [3.63, 3.8) is 0 Å². The van der Waals surface area contributed by atoms with Gasteiger partial charge in [-0.2, -0.15) is 5.10 Å². The number of aromatic nitrogens is 2. The van der Waals surface area contributed by atoms with Gasteiger partial charge in [-0.05, 0) is 6.07 Å². The molecule has 2 amide bonds. The third-order valence-corrected chi connectivity index (χ3v) is 2.32. The van der Waals surface area contributed by atoms with E-state index >= 15 is 0 Å². The summed E-state index contributed by atoms with van der Waals surface area (Å²) in [7, 11) is 0. The van der Waals surface area contributed by atoms with E-state index in [9.17, 15) is 9.59 Å². The molecule has 2 heterocycles. The summed E-state index contributed by atoms with van der Waals surface area (Å²) in [4.78, 5) is 24.2. The molecule has 3 N–H and O–H groups in total. The molecule has 2 rings (SSSR count). The quantitative estimate of drug-likeness (QED) is 0.582. The molecule has 7 heteroatoms. The van der Waals surface area contributed by atoms with Crippen molar-refractivity contribution in [2.24, 2.45) is 0 Å². The highest BCUT2D eigenvalue weighted by atomic mass is 16.2. The van der Waals surface area contributed by atoms with Crippen LogP contribution in [0.2, 0.25) is 0 Å². The van der Waals surface area contributed by atoms with Gasteiger partial charge in [0.1, 0.15) is 0 Å². The van der Waals surface area contributed by atoms with Crippen molar-refractivity contribution in [3.05, 3.63) is 22.5 Å². The Morgan fingerprint density at radius 2 is 2.12 bits per heavy atom. The second-order valence-electron chi connectivity index (χ2n) is 3.47. The van der Waals surface area contributed by atoms with E-state index in [1.54, 1.807) is 4.90 Å². The number of nitrogens with zero attached hydrogens (tertiary/aromatic N) is 2. The first-order valence-electron chi connectivity index (χ1n) is 5.08. The third-order valence-electron chi connectivity index (χ3n) is 2.32. The zero-order valence-corrected chi connectivity index (χ0v) is 8.69. The van der Waals surface area contributed by atoms with Gasteiger partial charge >= 0.3 is 6.03 Å². The van der Waals surface area contributed by atoms with Gasteiger partial charge in [0.2, 0.25) is 0 Å². The van der Waals surface area contributed by atoms with Gasteiger partial charge in [-0.3, -0.25) is 10.1 Å². The number of carbonyl (C=O) groups excluding carboxylic acids is 1. The van der Waals surface area contributed by atoms with Crippen molar-refractivity contribution < 1.29 is 4.79 Å². The number of hydrogen-bond donors (Lipinski definition) is 3. The van der Waals surface area contributed by atoms with Crippen molar-refractivity contribution in [1.29, 1.82) is 0 Å². The van der Waals surface area contributed by atoms with Gasteiger partial charge in [0, 0.05) is 32.2 Å². The maximum atomic E-state index is 11.7. The van der Waals surface area contributed by atoms with E-state index < -0.39 is 0 Å². The summed E-state index contributed by atoms with van der Waals surface area (Å²) in [5, 5.41) is 11.7. The number of nitrogens with one attached hydrogen (secondary N) is 3. The number of rotatable bonds is 1. The van der Waals surface area contributed by atoms with Crippen LogP contribution in [0.4, 0.5) is 10.6 Å². The van der Waals surface area contributed by atoms with Crippen molar-refractivity contribution in [2.45, 2.75) is 0 Å². The van der Waals surface area contributed by atoms with E-state index in [1.165, 1.54) is 12.1 Å². The molecule has 1 aromatic rings. The average Bonchev–Trinajstić information content (AvgIpc) is 2.33. The number of aromatic amines is 1. The molecule has 1 aliphatic rings. The van der Waals surface area contributed by atoms with Crippen LogP contribution >= 0.6 is 0 Å². The summed E-state index contributed by atoms with van der Waals surface area (Å²) in [5.41, 5.74) is -0.292. The number of anilines is 1. The predicted molar refractivity (Wildman–Crippen MR) is 58.3 cm³/mol. The lowest BCUT2D eigenvalue weighted by Gasteiger charge is -2.27. The maximum absolute atomic E-state index is 11.7. The minimum atomic E-state index is -0.292. The van der Waals surface area contributed by atoms with Crippen LogP contribution in [0, 0.1) is 0 Å². The lowest BCUT2D eigenvalue weighted by Crippen LogP contribution is -2.48. The molecule has 0 radical (unpaired) electrons. The van der Waals surface area contributed by atoms with E-state index in [1.807, 2.05) is 0 Å². The van der Waals surface area contributed by atoms with E-state index in [0.717, 1.165) is 13.1 Å². The van der Waals surface area contributed by atoms with Crippen molar-refractivity contribution in [1.82, 2.24) is 20.4 Å². The molecule has 1 aliphatic heterocycles. The molecular weight excluding hydrogens is 210 g/mol. The highest BCUT2D eigenvalue weighted by molar-refractivity contribution is 5.88. The van der Waals surface area contributed by atoms with Crippen LogP contribution in [0.5, 0.6) is 0 Å². The molecule has 0 bridgehead atoms. The number of H-pyrrole nitrogens is 1. The zero-order valence-electron chi connectivity index (χ0n) is 8.69. The normalized spacial score (nSPS) is 15.9. The largest absolute Gasteiger partial charge is 0.323 e. The van der Waals surface area contributed by atoms with Crippen LogP contribution in [0.3, 0.4) is 0 Å². The number of hydrogen-bond acceptors (Lipinski definition) is 4. The molecule has 16 heavy (non-hydrogen) atoms. The Labute approximate surface area is 91.8 Å². The monoisotopic (exact) mass is 223 g/mol. The molecule has 86 valence electrons. The van der Waals surface area contributed by atoms with Gasteiger partial charge in [0.05, 0.1) is 0 Å². The van der Waals surface area contributed by atoms with Gasteiger partial charge in [-0.15, -0.1) is 0 Å². The van der Waals surface area contributed by atoms with Crippen LogP contribution in [-0.2, 0) is 0 Å². The summed E-state index contributed by atoms with van der Waals surface area (Å²) in [6.45, 7) is 2.95. The number of carbonyl (C=O) groups is 1. The van der Waals surface area contributed by atoms with E-state index in [0.29, 0.717) is 18.9 Å². The van der Waals surface area contributed by atoms with Crippen molar-refractivity contribution >= 4 is 11.8 Å². The Hall–Kier alpha value is -1.89. The highest BCUT2D eigenvalue weighted by Crippen LogP contribution is 2.00. The van der Waals surface area contributed by atoms with E-state index in [2.05, 4.69) is 20.8 Å². The summed E-state index contributed by atoms with van der Waals surface area (Å²) in [6.07, 6.45) is 0. The molecule has 0 aromatic carbocycles. The van der Waals surface area contributed by atoms with Crippen molar-refractivity contribution in [2.75, 3.05) is 31.5 Å². The van der Waals surface area contributed by atoms with Crippen LogP contribution < -0.4 is 16.2 Å².